The predicted octanol–water partition coefficient (Wildman–Crippen LogP) is 5.04. The highest BCUT2D eigenvalue weighted by Gasteiger charge is 2.42. The fourth-order valence-electron chi connectivity index (χ4n) is 4.32. The Hall–Kier alpha value is -3.96. The third kappa shape index (κ3) is 5.13. The molecule has 4 aromatic rings. The highest BCUT2D eigenvalue weighted by molar-refractivity contribution is 7.92. The quantitative estimate of drug-likeness (QED) is 0.316. The molecule has 190 valence electrons. The summed E-state index contributed by atoms with van der Waals surface area (Å²) in [6.07, 6.45) is 2.78. The zero-order valence-corrected chi connectivity index (χ0v) is 21.5. The number of furan rings is 1. The van der Waals surface area contributed by atoms with E-state index in [0.29, 0.717) is 33.8 Å². The van der Waals surface area contributed by atoms with Crippen molar-refractivity contribution in [3.8, 4) is 17.1 Å². The number of anilines is 2. The Kier molecular flexibility index (Phi) is 6.57. The molecule has 11 heteroatoms. The number of halogens is 1. The second-order valence-electron chi connectivity index (χ2n) is 8.46. The van der Waals surface area contributed by atoms with Crippen LogP contribution in [0.25, 0.3) is 11.3 Å². The van der Waals surface area contributed by atoms with Gasteiger partial charge in [0.05, 0.1) is 30.8 Å². The first-order valence-corrected chi connectivity index (χ1v) is 13.6. The number of ether oxygens (including phenoxy) is 1. The molecule has 1 fully saturated rings. The van der Waals surface area contributed by atoms with Crippen LogP contribution in [-0.4, -0.2) is 31.9 Å². The molecule has 8 nitrogen and oxygen atoms in total. The van der Waals surface area contributed by atoms with Gasteiger partial charge in [0.1, 0.15) is 29.1 Å². The second-order valence-corrected chi connectivity index (χ2v) is 10.6. The van der Waals surface area contributed by atoms with Gasteiger partial charge >= 0.3 is 0 Å². The van der Waals surface area contributed by atoms with E-state index >= 15 is 0 Å². The van der Waals surface area contributed by atoms with Crippen LogP contribution in [0.3, 0.4) is 0 Å². The average molecular weight is 539 g/mol. The molecule has 0 aliphatic carbocycles. The molecular formula is C26H23FN4O4S2. The molecule has 1 aliphatic heterocycles. The summed E-state index contributed by atoms with van der Waals surface area (Å²) in [5.74, 6) is 1.19. The zero-order valence-electron chi connectivity index (χ0n) is 19.9. The van der Waals surface area contributed by atoms with Gasteiger partial charge in [-0.2, -0.15) is 0 Å². The van der Waals surface area contributed by atoms with Crippen molar-refractivity contribution in [2.24, 2.45) is 0 Å². The van der Waals surface area contributed by atoms with Gasteiger partial charge in [-0.05, 0) is 72.9 Å². The van der Waals surface area contributed by atoms with Gasteiger partial charge in [-0.25, -0.2) is 12.8 Å². The number of pyridine rings is 1. The first-order valence-electron chi connectivity index (χ1n) is 11.3. The fraction of sp³-hybridized carbons (Fsp3) is 0.154. The van der Waals surface area contributed by atoms with E-state index in [2.05, 4.69) is 15.0 Å². The molecule has 0 bridgehead atoms. The lowest BCUT2D eigenvalue weighted by molar-refractivity contribution is 0.416. The summed E-state index contributed by atoms with van der Waals surface area (Å²) in [5, 5.41) is 3.78. The van der Waals surface area contributed by atoms with E-state index in [9.17, 15) is 12.8 Å². The second kappa shape index (κ2) is 9.83. The van der Waals surface area contributed by atoms with Crippen LogP contribution >= 0.6 is 12.2 Å². The first kappa shape index (κ1) is 24.7. The van der Waals surface area contributed by atoms with E-state index in [-0.39, 0.29) is 11.9 Å². The minimum atomic E-state index is -3.51. The SMILES string of the molecule is COc1cc(N2C(=S)N[C@@H](c3ccccn3)[C@H]2c2ccc(-c3ccc(F)cc3)o2)ccc1NS(C)(=O)=O. The van der Waals surface area contributed by atoms with Crippen LogP contribution in [0, 0.1) is 5.82 Å². The van der Waals surface area contributed by atoms with Crippen molar-refractivity contribution in [2.75, 3.05) is 23.0 Å². The smallest absolute Gasteiger partial charge is 0.229 e. The molecule has 0 spiro atoms. The normalized spacial score (nSPS) is 17.5. The minimum absolute atomic E-state index is 0.307. The first-order chi connectivity index (χ1) is 17.7. The van der Waals surface area contributed by atoms with Gasteiger partial charge in [0.15, 0.2) is 5.11 Å². The Bertz CT molecular complexity index is 1540. The topological polar surface area (TPSA) is 96.7 Å². The van der Waals surface area contributed by atoms with Crippen LogP contribution in [0.2, 0.25) is 0 Å². The highest BCUT2D eigenvalue weighted by atomic mass is 32.2. The lowest BCUT2D eigenvalue weighted by Crippen LogP contribution is -2.29. The summed E-state index contributed by atoms with van der Waals surface area (Å²) in [7, 11) is -2.04. The number of hydrogen-bond acceptors (Lipinski definition) is 6. The van der Waals surface area contributed by atoms with E-state index < -0.39 is 16.1 Å². The molecule has 0 radical (unpaired) electrons. The van der Waals surface area contributed by atoms with Crippen LogP contribution in [0.15, 0.2) is 83.4 Å². The maximum atomic E-state index is 13.4. The van der Waals surface area contributed by atoms with Crippen molar-refractivity contribution in [3.63, 3.8) is 0 Å². The van der Waals surface area contributed by atoms with Crippen molar-refractivity contribution in [2.45, 2.75) is 12.1 Å². The predicted molar refractivity (Wildman–Crippen MR) is 143 cm³/mol. The zero-order chi connectivity index (χ0) is 26.2. The van der Waals surface area contributed by atoms with E-state index in [4.69, 9.17) is 21.4 Å². The molecule has 2 aromatic heterocycles. The average Bonchev–Trinajstić information content (AvgIpc) is 3.49. The molecule has 37 heavy (non-hydrogen) atoms. The molecule has 2 N–H and O–H groups in total. The minimum Gasteiger partial charge on any atom is -0.494 e. The van der Waals surface area contributed by atoms with Crippen LogP contribution < -0.4 is 19.7 Å². The van der Waals surface area contributed by atoms with Crippen LogP contribution in [0.4, 0.5) is 15.8 Å². The number of nitrogens with one attached hydrogen (secondary N) is 2. The summed E-state index contributed by atoms with van der Waals surface area (Å²) < 4.78 is 51.2. The Balaban J connectivity index is 1.59. The molecule has 0 amide bonds. The van der Waals surface area contributed by atoms with E-state index in [1.54, 1.807) is 36.5 Å². The number of methoxy groups -OCH3 is 1. The number of sulfonamides is 1. The molecular weight excluding hydrogens is 515 g/mol. The molecule has 1 saturated heterocycles. The van der Waals surface area contributed by atoms with Crippen molar-refractivity contribution in [1.29, 1.82) is 0 Å². The van der Waals surface area contributed by atoms with Crippen LogP contribution in [0.5, 0.6) is 5.75 Å². The summed E-state index contributed by atoms with van der Waals surface area (Å²) in [4.78, 5) is 6.41. The molecule has 5 rings (SSSR count). The van der Waals surface area contributed by atoms with Gasteiger partial charge in [-0.1, -0.05) is 6.07 Å². The van der Waals surface area contributed by atoms with Crippen molar-refractivity contribution >= 4 is 38.7 Å². The largest absolute Gasteiger partial charge is 0.494 e. The highest BCUT2D eigenvalue weighted by Crippen LogP contribution is 2.44. The third-order valence-electron chi connectivity index (χ3n) is 5.90. The van der Waals surface area contributed by atoms with Gasteiger partial charge < -0.3 is 19.4 Å². The number of benzene rings is 2. The maximum absolute atomic E-state index is 13.4. The van der Waals surface area contributed by atoms with Crippen molar-refractivity contribution in [3.05, 3.63) is 96.3 Å². The van der Waals surface area contributed by atoms with Gasteiger partial charge in [-0.15, -0.1) is 0 Å². The molecule has 1 aliphatic rings. The molecule has 2 atom stereocenters. The van der Waals surface area contributed by atoms with E-state index in [1.807, 2.05) is 35.2 Å². The molecule has 2 aromatic carbocycles. The van der Waals surface area contributed by atoms with Crippen molar-refractivity contribution < 1.29 is 22.0 Å². The molecule has 3 heterocycles. The summed E-state index contributed by atoms with van der Waals surface area (Å²) in [5.41, 5.74) is 2.47. The Morgan fingerprint density at radius 3 is 2.57 bits per heavy atom. The van der Waals surface area contributed by atoms with E-state index in [0.717, 1.165) is 17.5 Å². The number of hydrogen-bond donors (Lipinski definition) is 2. The maximum Gasteiger partial charge on any atom is 0.229 e. The Labute approximate surface area is 219 Å². The molecule has 0 saturated carbocycles. The lowest BCUT2D eigenvalue weighted by atomic mass is 10.0. The number of rotatable bonds is 7. The summed E-state index contributed by atoms with van der Waals surface area (Å²) in [6, 6.07) is 19.7. The molecule has 0 unspecified atom stereocenters. The number of aromatic nitrogens is 1. The monoisotopic (exact) mass is 538 g/mol. The lowest BCUT2D eigenvalue weighted by Gasteiger charge is -2.26. The summed E-state index contributed by atoms with van der Waals surface area (Å²) >= 11 is 5.74. The van der Waals surface area contributed by atoms with Gasteiger partial charge in [0, 0.05) is 23.5 Å². The summed E-state index contributed by atoms with van der Waals surface area (Å²) in [6.45, 7) is 0. The van der Waals surface area contributed by atoms with Gasteiger partial charge in [0.25, 0.3) is 0 Å². The van der Waals surface area contributed by atoms with E-state index in [1.165, 1.54) is 19.2 Å². The fourth-order valence-corrected chi connectivity index (χ4v) is 5.23. The van der Waals surface area contributed by atoms with Gasteiger partial charge in [-0.3, -0.25) is 9.71 Å². The third-order valence-corrected chi connectivity index (χ3v) is 6.81. The Morgan fingerprint density at radius 1 is 1.11 bits per heavy atom. The van der Waals surface area contributed by atoms with Crippen molar-refractivity contribution in [1.82, 2.24) is 10.3 Å². The number of thiocarbonyl (C=S) groups is 1. The van der Waals surface area contributed by atoms with Gasteiger partial charge in [0.2, 0.25) is 10.0 Å². The van der Waals surface area contributed by atoms with Crippen LogP contribution in [0.1, 0.15) is 23.5 Å². The van der Waals surface area contributed by atoms with Crippen LogP contribution in [-0.2, 0) is 10.0 Å². The Morgan fingerprint density at radius 2 is 1.89 bits per heavy atom. The number of nitrogens with zero attached hydrogens (tertiary/aromatic N) is 2. The standard InChI is InChI=1S/C26H23FN4O4S2/c1-34-23-15-18(10-11-19(23)30-37(2,32)33)31-25(24(29-26(31)36)20-5-3-4-14-28-20)22-13-12-21(35-22)16-6-8-17(27)9-7-16/h3-15,24-25,30H,1-2H3,(H,29,36)/t24-,25+/m0/s1.